The fraction of sp³-hybridized carbons (Fsp3) is 0.364. The number of hydrogen-bond acceptors (Lipinski definition) is 7. The number of sulfonamides is 1. The van der Waals surface area contributed by atoms with Gasteiger partial charge in [-0.2, -0.15) is 4.31 Å². The zero-order chi connectivity index (χ0) is 23.4. The number of carbonyl (C=O) groups is 2. The van der Waals surface area contributed by atoms with Gasteiger partial charge in [-0.05, 0) is 43.2 Å². The molecule has 0 radical (unpaired) electrons. The van der Waals surface area contributed by atoms with Crippen molar-refractivity contribution in [1.82, 2.24) is 4.31 Å². The fourth-order valence-electron chi connectivity index (χ4n) is 3.55. The third-order valence-corrected chi connectivity index (χ3v) is 7.60. The SMILES string of the molecule is O=C(COC(=O)c1ccc(Cl)c(S(=O)(=O)N2CCCC2)c1)Nc1ccc2c(c1)OCCCO2. The van der Waals surface area contributed by atoms with Crippen molar-refractivity contribution < 1.29 is 32.2 Å². The molecule has 2 aliphatic rings. The van der Waals surface area contributed by atoms with Gasteiger partial charge in [-0.1, -0.05) is 11.6 Å². The lowest BCUT2D eigenvalue weighted by molar-refractivity contribution is -0.119. The Hall–Kier alpha value is -2.82. The highest BCUT2D eigenvalue weighted by molar-refractivity contribution is 7.89. The predicted octanol–water partition coefficient (Wildman–Crippen LogP) is 3.08. The maximum Gasteiger partial charge on any atom is 0.338 e. The summed E-state index contributed by atoms with van der Waals surface area (Å²) in [6, 6.07) is 8.85. The lowest BCUT2D eigenvalue weighted by Gasteiger charge is -2.17. The standard InChI is InChI=1S/C22H23ClN2O7S/c23-17-6-4-15(12-20(17)33(28,29)25-8-1-2-9-25)22(27)32-14-21(26)24-16-5-7-18-19(13-16)31-11-3-10-30-18/h4-7,12-13H,1-3,8-11,14H2,(H,24,26). The van der Waals surface area contributed by atoms with E-state index in [9.17, 15) is 18.0 Å². The van der Waals surface area contributed by atoms with Crippen molar-refractivity contribution in [3.63, 3.8) is 0 Å². The molecule has 1 amide bonds. The minimum atomic E-state index is -3.82. The van der Waals surface area contributed by atoms with Crippen molar-refractivity contribution in [2.75, 3.05) is 38.2 Å². The average molecular weight is 495 g/mol. The molecule has 9 nitrogen and oxygen atoms in total. The summed E-state index contributed by atoms with van der Waals surface area (Å²) in [4.78, 5) is 24.6. The molecule has 1 fully saturated rings. The molecule has 0 aliphatic carbocycles. The molecule has 2 aliphatic heterocycles. The van der Waals surface area contributed by atoms with Gasteiger partial charge in [0.25, 0.3) is 5.91 Å². The quantitative estimate of drug-likeness (QED) is 0.614. The number of nitrogens with zero attached hydrogens (tertiary/aromatic N) is 1. The number of anilines is 1. The van der Waals surface area contributed by atoms with Crippen molar-refractivity contribution in [2.24, 2.45) is 0 Å². The van der Waals surface area contributed by atoms with E-state index in [0.29, 0.717) is 43.5 Å². The first kappa shape index (κ1) is 23.3. The monoisotopic (exact) mass is 494 g/mol. The van der Waals surface area contributed by atoms with Crippen LogP contribution in [0.4, 0.5) is 5.69 Å². The van der Waals surface area contributed by atoms with Gasteiger partial charge in [-0.15, -0.1) is 0 Å². The van der Waals surface area contributed by atoms with Crippen LogP contribution >= 0.6 is 11.6 Å². The van der Waals surface area contributed by atoms with Crippen LogP contribution in [-0.4, -0.2) is 57.5 Å². The Balaban J connectivity index is 1.39. The molecule has 33 heavy (non-hydrogen) atoms. The molecule has 0 saturated carbocycles. The van der Waals surface area contributed by atoms with E-state index in [2.05, 4.69) is 5.32 Å². The van der Waals surface area contributed by atoms with E-state index in [4.69, 9.17) is 25.8 Å². The molecule has 0 unspecified atom stereocenters. The Bertz CT molecular complexity index is 1160. The minimum absolute atomic E-state index is 0.0134. The molecule has 11 heteroatoms. The highest BCUT2D eigenvalue weighted by atomic mass is 35.5. The Morgan fingerprint density at radius 3 is 2.48 bits per heavy atom. The molecule has 1 saturated heterocycles. The van der Waals surface area contributed by atoms with E-state index >= 15 is 0 Å². The number of carbonyl (C=O) groups excluding carboxylic acids is 2. The second-order valence-electron chi connectivity index (χ2n) is 7.59. The second-order valence-corrected chi connectivity index (χ2v) is 9.91. The van der Waals surface area contributed by atoms with E-state index in [1.165, 1.54) is 22.5 Å². The van der Waals surface area contributed by atoms with Crippen LogP contribution in [0.25, 0.3) is 0 Å². The van der Waals surface area contributed by atoms with Crippen LogP contribution in [0.2, 0.25) is 5.02 Å². The number of nitrogens with one attached hydrogen (secondary N) is 1. The summed E-state index contributed by atoms with van der Waals surface area (Å²) in [6.07, 6.45) is 2.31. The number of amides is 1. The number of halogens is 1. The highest BCUT2D eigenvalue weighted by Crippen LogP contribution is 2.32. The van der Waals surface area contributed by atoms with Gasteiger partial charge in [0.15, 0.2) is 18.1 Å². The molecular formula is C22H23ClN2O7S. The van der Waals surface area contributed by atoms with E-state index in [0.717, 1.165) is 19.3 Å². The number of hydrogen-bond donors (Lipinski definition) is 1. The maximum absolute atomic E-state index is 12.8. The number of benzene rings is 2. The topological polar surface area (TPSA) is 111 Å². The first-order valence-corrected chi connectivity index (χ1v) is 12.3. The smallest absolute Gasteiger partial charge is 0.338 e. The molecule has 0 aromatic heterocycles. The summed E-state index contributed by atoms with van der Waals surface area (Å²) in [5.41, 5.74) is 0.450. The fourth-order valence-corrected chi connectivity index (χ4v) is 5.57. The van der Waals surface area contributed by atoms with Gasteiger partial charge in [0.1, 0.15) is 4.90 Å². The highest BCUT2D eigenvalue weighted by Gasteiger charge is 2.30. The summed E-state index contributed by atoms with van der Waals surface area (Å²) < 4.78 is 43.2. The molecule has 2 aromatic carbocycles. The zero-order valence-corrected chi connectivity index (χ0v) is 19.3. The molecule has 0 atom stereocenters. The van der Waals surface area contributed by atoms with Gasteiger partial charge >= 0.3 is 5.97 Å². The Morgan fingerprint density at radius 2 is 1.73 bits per heavy atom. The number of esters is 1. The molecule has 0 bridgehead atoms. The Morgan fingerprint density at radius 1 is 1.00 bits per heavy atom. The van der Waals surface area contributed by atoms with Crippen molar-refractivity contribution >= 4 is 39.2 Å². The van der Waals surface area contributed by atoms with Gasteiger partial charge in [-0.3, -0.25) is 4.79 Å². The summed E-state index contributed by atoms with van der Waals surface area (Å²) in [5.74, 6) is -0.274. The summed E-state index contributed by atoms with van der Waals surface area (Å²) in [7, 11) is -3.82. The van der Waals surface area contributed by atoms with Gasteiger partial charge in [0.2, 0.25) is 10.0 Å². The van der Waals surface area contributed by atoms with E-state index in [-0.39, 0.29) is 15.5 Å². The first-order valence-electron chi connectivity index (χ1n) is 10.5. The van der Waals surface area contributed by atoms with Crippen molar-refractivity contribution in [1.29, 1.82) is 0 Å². The number of fused-ring (bicyclic) bond motifs is 1. The lowest BCUT2D eigenvalue weighted by Crippen LogP contribution is -2.28. The molecular weight excluding hydrogens is 472 g/mol. The van der Waals surface area contributed by atoms with Crippen LogP contribution < -0.4 is 14.8 Å². The van der Waals surface area contributed by atoms with Crippen LogP contribution in [0.1, 0.15) is 29.6 Å². The van der Waals surface area contributed by atoms with E-state index in [1.54, 1.807) is 18.2 Å². The van der Waals surface area contributed by atoms with Crippen LogP contribution in [0, 0.1) is 0 Å². The lowest BCUT2D eigenvalue weighted by atomic mass is 10.2. The largest absolute Gasteiger partial charge is 0.490 e. The predicted molar refractivity (Wildman–Crippen MR) is 120 cm³/mol. The van der Waals surface area contributed by atoms with E-state index in [1.807, 2.05) is 0 Å². The molecule has 4 rings (SSSR count). The average Bonchev–Trinajstić information content (AvgIpc) is 3.25. The maximum atomic E-state index is 12.8. The summed E-state index contributed by atoms with van der Waals surface area (Å²) in [6.45, 7) is 1.34. The minimum Gasteiger partial charge on any atom is -0.490 e. The molecule has 176 valence electrons. The molecule has 1 N–H and O–H groups in total. The van der Waals surface area contributed by atoms with Crippen molar-refractivity contribution in [3.05, 3.63) is 47.0 Å². The molecule has 0 spiro atoms. The Labute approximate surface area is 196 Å². The third kappa shape index (κ3) is 5.40. The Kier molecular flexibility index (Phi) is 7.06. The van der Waals surface area contributed by atoms with Gasteiger partial charge in [0.05, 0.1) is 23.8 Å². The first-order chi connectivity index (χ1) is 15.8. The third-order valence-electron chi connectivity index (χ3n) is 5.22. The normalized spacial score (nSPS) is 16.2. The van der Waals surface area contributed by atoms with Crippen molar-refractivity contribution in [2.45, 2.75) is 24.2 Å². The number of ether oxygens (including phenoxy) is 3. The summed E-state index contributed by atoms with van der Waals surface area (Å²) >= 11 is 6.10. The van der Waals surface area contributed by atoms with Crippen LogP contribution in [0.15, 0.2) is 41.3 Å². The van der Waals surface area contributed by atoms with Crippen LogP contribution in [0.3, 0.4) is 0 Å². The second kappa shape index (κ2) is 9.98. The number of rotatable bonds is 6. The molecule has 2 heterocycles. The zero-order valence-electron chi connectivity index (χ0n) is 17.7. The van der Waals surface area contributed by atoms with Gasteiger partial charge < -0.3 is 19.5 Å². The molecule has 2 aromatic rings. The van der Waals surface area contributed by atoms with Gasteiger partial charge in [-0.25, -0.2) is 13.2 Å². The van der Waals surface area contributed by atoms with E-state index < -0.39 is 28.5 Å². The van der Waals surface area contributed by atoms with Crippen LogP contribution in [-0.2, 0) is 19.6 Å². The van der Waals surface area contributed by atoms with Crippen molar-refractivity contribution in [3.8, 4) is 11.5 Å². The van der Waals surface area contributed by atoms with Gasteiger partial charge in [0, 0.05) is 31.3 Å². The summed E-state index contributed by atoms with van der Waals surface area (Å²) in [5, 5.41) is 2.64. The van der Waals surface area contributed by atoms with Crippen LogP contribution in [0.5, 0.6) is 11.5 Å².